The molecule has 7 heteroatoms. The monoisotopic (exact) mass is 300 g/mol. The van der Waals surface area contributed by atoms with Crippen LogP contribution in [0.15, 0.2) is 30.6 Å². The Morgan fingerprint density at radius 2 is 2.14 bits per heavy atom. The number of aromatic nitrogens is 3. The molecule has 1 amide bonds. The lowest BCUT2D eigenvalue weighted by molar-refractivity contribution is 0.0952. The minimum absolute atomic E-state index is 0.153. The van der Waals surface area contributed by atoms with E-state index in [2.05, 4.69) is 25.2 Å². The van der Waals surface area contributed by atoms with E-state index in [1.165, 1.54) is 6.20 Å². The smallest absolute Gasteiger partial charge is 0.256 e. The summed E-state index contributed by atoms with van der Waals surface area (Å²) in [6, 6.07) is 5.44. The maximum atomic E-state index is 12.1. The van der Waals surface area contributed by atoms with Gasteiger partial charge in [-0.2, -0.15) is 0 Å². The number of hydrogen-bond donors (Lipinski definition) is 2. The Balaban J connectivity index is 2.02. The van der Waals surface area contributed by atoms with Crippen molar-refractivity contribution in [3.05, 3.63) is 36.2 Å². The van der Waals surface area contributed by atoms with Crippen LogP contribution in [0.1, 0.15) is 16.8 Å². The molecule has 7 nitrogen and oxygen atoms in total. The van der Waals surface area contributed by atoms with E-state index in [1.807, 2.05) is 26.2 Å². The number of nitrogens with zero attached hydrogens (tertiary/aromatic N) is 4. The number of nitrogen functional groups attached to an aromatic ring is 1. The SMILES string of the molecule is CN(C)CCCNC(=O)c1cnc(-c2ccccn2)nc1N. The molecule has 0 saturated carbocycles. The van der Waals surface area contributed by atoms with E-state index in [-0.39, 0.29) is 17.3 Å². The average molecular weight is 300 g/mol. The van der Waals surface area contributed by atoms with Crippen molar-refractivity contribution in [2.24, 2.45) is 0 Å². The summed E-state index contributed by atoms with van der Waals surface area (Å²) >= 11 is 0. The highest BCUT2D eigenvalue weighted by molar-refractivity contribution is 5.98. The maximum absolute atomic E-state index is 12.1. The van der Waals surface area contributed by atoms with E-state index in [9.17, 15) is 4.79 Å². The third kappa shape index (κ3) is 4.23. The number of nitrogens with one attached hydrogen (secondary N) is 1. The number of pyridine rings is 1. The molecule has 2 aromatic rings. The second-order valence-corrected chi connectivity index (χ2v) is 5.12. The van der Waals surface area contributed by atoms with Gasteiger partial charge in [0.1, 0.15) is 11.5 Å². The molecule has 0 atom stereocenters. The van der Waals surface area contributed by atoms with Crippen LogP contribution in [-0.4, -0.2) is 52.9 Å². The second kappa shape index (κ2) is 7.46. The molecule has 22 heavy (non-hydrogen) atoms. The largest absolute Gasteiger partial charge is 0.383 e. The minimum Gasteiger partial charge on any atom is -0.383 e. The molecule has 2 aromatic heterocycles. The minimum atomic E-state index is -0.260. The van der Waals surface area contributed by atoms with Crippen LogP contribution in [0.4, 0.5) is 5.82 Å². The number of carbonyl (C=O) groups is 1. The Labute approximate surface area is 129 Å². The van der Waals surface area contributed by atoms with Crippen LogP contribution in [0.2, 0.25) is 0 Å². The molecule has 3 N–H and O–H groups in total. The Morgan fingerprint density at radius 1 is 1.32 bits per heavy atom. The van der Waals surface area contributed by atoms with E-state index in [0.29, 0.717) is 18.1 Å². The first-order chi connectivity index (χ1) is 10.6. The molecular weight excluding hydrogens is 280 g/mol. The molecule has 0 aliphatic heterocycles. The number of carbonyl (C=O) groups excluding carboxylic acids is 1. The van der Waals surface area contributed by atoms with E-state index >= 15 is 0 Å². The van der Waals surface area contributed by atoms with Gasteiger partial charge in [0.2, 0.25) is 0 Å². The number of rotatable bonds is 6. The van der Waals surface area contributed by atoms with Crippen molar-refractivity contribution in [1.29, 1.82) is 0 Å². The number of hydrogen-bond acceptors (Lipinski definition) is 6. The fraction of sp³-hybridized carbons (Fsp3) is 0.333. The van der Waals surface area contributed by atoms with Crippen LogP contribution in [0.5, 0.6) is 0 Å². The van der Waals surface area contributed by atoms with Gasteiger partial charge in [-0.1, -0.05) is 6.07 Å². The van der Waals surface area contributed by atoms with E-state index in [4.69, 9.17) is 5.73 Å². The molecule has 0 aliphatic rings. The van der Waals surface area contributed by atoms with E-state index in [1.54, 1.807) is 12.3 Å². The summed E-state index contributed by atoms with van der Waals surface area (Å²) in [5.41, 5.74) is 6.76. The zero-order valence-electron chi connectivity index (χ0n) is 12.8. The number of anilines is 1. The predicted molar refractivity (Wildman–Crippen MR) is 85.2 cm³/mol. The summed E-state index contributed by atoms with van der Waals surface area (Å²) in [6.07, 6.45) is 3.96. The van der Waals surface area contributed by atoms with Gasteiger partial charge in [-0.15, -0.1) is 0 Å². The second-order valence-electron chi connectivity index (χ2n) is 5.12. The third-order valence-corrected chi connectivity index (χ3v) is 3.02. The van der Waals surface area contributed by atoms with Crippen LogP contribution in [0.25, 0.3) is 11.5 Å². The lowest BCUT2D eigenvalue weighted by Crippen LogP contribution is -2.28. The Hall–Kier alpha value is -2.54. The molecule has 116 valence electrons. The quantitative estimate of drug-likeness (QED) is 0.766. The van der Waals surface area contributed by atoms with E-state index < -0.39 is 0 Å². The van der Waals surface area contributed by atoms with Gasteiger partial charge >= 0.3 is 0 Å². The topological polar surface area (TPSA) is 97.0 Å². The summed E-state index contributed by atoms with van der Waals surface area (Å²) in [7, 11) is 3.98. The van der Waals surface area contributed by atoms with Crippen molar-refractivity contribution in [2.75, 3.05) is 32.9 Å². The summed E-state index contributed by atoms with van der Waals surface area (Å²) in [5.74, 6) is 0.298. The molecule has 2 rings (SSSR count). The predicted octanol–water partition coefficient (Wildman–Crippen LogP) is 0.802. The van der Waals surface area contributed by atoms with Crippen LogP contribution in [0.3, 0.4) is 0 Å². The molecule has 0 bridgehead atoms. The van der Waals surface area contributed by atoms with E-state index in [0.717, 1.165) is 13.0 Å². The van der Waals surface area contributed by atoms with Gasteiger partial charge in [-0.25, -0.2) is 9.97 Å². The first-order valence-corrected chi connectivity index (χ1v) is 7.05. The van der Waals surface area contributed by atoms with Crippen LogP contribution < -0.4 is 11.1 Å². The van der Waals surface area contributed by atoms with Gasteiger partial charge in [0.15, 0.2) is 5.82 Å². The first kappa shape index (κ1) is 15.8. The number of amides is 1. The first-order valence-electron chi connectivity index (χ1n) is 7.05. The van der Waals surface area contributed by atoms with Crippen LogP contribution in [0, 0.1) is 0 Å². The van der Waals surface area contributed by atoms with Crippen molar-refractivity contribution in [3.63, 3.8) is 0 Å². The highest BCUT2D eigenvalue weighted by atomic mass is 16.1. The molecule has 0 radical (unpaired) electrons. The summed E-state index contributed by atoms with van der Waals surface area (Å²) in [4.78, 5) is 26.6. The highest BCUT2D eigenvalue weighted by Crippen LogP contribution is 2.14. The van der Waals surface area contributed by atoms with Crippen molar-refractivity contribution >= 4 is 11.7 Å². The molecule has 2 heterocycles. The molecular formula is C15H20N6O. The van der Waals surface area contributed by atoms with Crippen LogP contribution >= 0.6 is 0 Å². The standard InChI is InChI=1S/C15H20N6O/c1-21(2)9-5-8-18-15(22)11-10-19-14(20-13(11)16)12-6-3-4-7-17-12/h3-4,6-7,10H,5,8-9H2,1-2H3,(H,18,22)(H2,16,19,20). The fourth-order valence-electron chi connectivity index (χ4n) is 1.88. The van der Waals surface area contributed by atoms with Crippen molar-refractivity contribution in [2.45, 2.75) is 6.42 Å². The number of nitrogens with two attached hydrogens (primary N) is 1. The van der Waals surface area contributed by atoms with Gasteiger partial charge in [0, 0.05) is 18.9 Å². The van der Waals surface area contributed by atoms with Crippen molar-refractivity contribution in [1.82, 2.24) is 25.2 Å². The van der Waals surface area contributed by atoms with Crippen molar-refractivity contribution < 1.29 is 4.79 Å². The molecule has 0 spiro atoms. The van der Waals surface area contributed by atoms with Crippen LogP contribution in [-0.2, 0) is 0 Å². The zero-order chi connectivity index (χ0) is 15.9. The highest BCUT2D eigenvalue weighted by Gasteiger charge is 2.13. The molecule has 0 unspecified atom stereocenters. The molecule has 0 fully saturated rings. The summed E-state index contributed by atoms with van der Waals surface area (Å²) < 4.78 is 0. The Morgan fingerprint density at radius 3 is 2.77 bits per heavy atom. The Bertz CT molecular complexity index is 629. The summed E-state index contributed by atoms with van der Waals surface area (Å²) in [6.45, 7) is 1.49. The maximum Gasteiger partial charge on any atom is 0.256 e. The summed E-state index contributed by atoms with van der Waals surface area (Å²) in [5, 5.41) is 2.81. The van der Waals surface area contributed by atoms with Gasteiger partial charge in [-0.05, 0) is 39.2 Å². The van der Waals surface area contributed by atoms with Gasteiger partial charge in [0.25, 0.3) is 5.91 Å². The molecule has 0 saturated heterocycles. The third-order valence-electron chi connectivity index (χ3n) is 3.02. The molecule has 0 aromatic carbocycles. The van der Waals surface area contributed by atoms with Gasteiger partial charge < -0.3 is 16.0 Å². The lowest BCUT2D eigenvalue weighted by atomic mass is 10.2. The normalized spacial score (nSPS) is 10.7. The molecule has 0 aliphatic carbocycles. The zero-order valence-corrected chi connectivity index (χ0v) is 12.8. The fourth-order valence-corrected chi connectivity index (χ4v) is 1.88. The van der Waals surface area contributed by atoms with Gasteiger partial charge in [-0.3, -0.25) is 9.78 Å². The lowest BCUT2D eigenvalue weighted by Gasteiger charge is -2.10. The Kier molecular flexibility index (Phi) is 5.37. The van der Waals surface area contributed by atoms with Crippen molar-refractivity contribution in [3.8, 4) is 11.5 Å². The van der Waals surface area contributed by atoms with Gasteiger partial charge in [0.05, 0.1) is 5.56 Å². The average Bonchev–Trinajstić information content (AvgIpc) is 2.52.